The summed E-state index contributed by atoms with van der Waals surface area (Å²) in [6, 6.07) is 17.1. The molecule has 0 radical (unpaired) electrons. The van der Waals surface area contributed by atoms with Gasteiger partial charge >= 0.3 is 0 Å². The molecule has 1 aliphatic heterocycles. The van der Waals surface area contributed by atoms with Crippen molar-refractivity contribution < 1.29 is 9.53 Å². The highest BCUT2D eigenvalue weighted by Gasteiger charge is 2.14. The molecule has 1 amide bonds. The monoisotopic (exact) mass is 338 g/mol. The highest BCUT2D eigenvalue weighted by atomic mass is 16.5. The summed E-state index contributed by atoms with van der Waals surface area (Å²) in [7, 11) is 0. The Morgan fingerprint density at radius 2 is 1.80 bits per heavy atom. The second-order valence-electron chi connectivity index (χ2n) is 6.59. The molecule has 1 heterocycles. The van der Waals surface area contributed by atoms with E-state index in [9.17, 15) is 4.79 Å². The fourth-order valence-corrected chi connectivity index (χ4v) is 3.28. The van der Waals surface area contributed by atoms with Gasteiger partial charge in [-0.1, -0.05) is 48.5 Å². The third-order valence-corrected chi connectivity index (χ3v) is 4.66. The summed E-state index contributed by atoms with van der Waals surface area (Å²) in [5.41, 5.74) is 4.94. The number of amides is 1. The molecule has 1 aliphatic rings. The van der Waals surface area contributed by atoms with Crippen molar-refractivity contribution >= 4 is 5.91 Å². The predicted octanol–water partition coefficient (Wildman–Crippen LogP) is 3.38. The Morgan fingerprint density at radius 1 is 1.12 bits per heavy atom. The Labute approximate surface area is 149 Å². The molecular weight excluding hydrogens is 312 g/mol. The second kappa shape index (κ2) is 8.28. The zero-order valence-electron chi connectivity index (χ0n) is 15.0. The Bertz CT molecular complexity index is 706. The Balaban J connectivity index is 1.78. The highest BCUT2D eigenvalue weighted by molar-refractivity contribution is 5.73. The number of rotatable bonds is 5. The van der Waals surface area contributed by atoms with Crippen LogP contribution in [0.3, 0.4) is 0 Å². The molecule has 0 unspecified atom stereocenters. The lowest BCUT2D eigenvalue weighted by Crippen LogP contribution is -2.35. The molecule has 1 saturated heterocycles. The summed E-state index contributed by atoms with van der Waals surface area (Å²) in [5.74, 6) is -0.00701. The summed E-state index contributed by atoms with van der Waals surface area (Å²) < 4.78 is 5.44. The van der Waals surface area contributed by atoms with Gasteiger partial charge < -0.3 is 10.1 Å². The van der Waals surface area contributed by atoms with E-state index in [0.29, 0.717) is 0 Å². The van der Waals surface area contributed by atoms with Crippen molar-refractivity contribution in [3.05, 3.63) is 59.7 Å². The molecule has 25 heavy (non-hydrogen) atoms. The second-order valence-corrected chi connectivity index (χ2v) is 6.59. The van der Waals surface area contributed by atoms with Gasteiger partial charge in [0, 0.05) is 26.6 Å². The van der Waals surface area contributed by atoms with Gasteiger partial charge in [0.15, 0.2) is 0 Å². The van der Waals surface area contributed by atoms with Crippen molar-refractivity contribution in [2.24, 2.45) is 0 Å². The van der Waals surface area contributed by atoms with Crippen LogP contribution >= 0.6 is 0 Å². The number of hydrogen-bond donors (Lipinski definition) is 1. The number of ether oxygens (including phenoxy) is 1. The standard InChI is InChI=1S/C21H26N2O2/c1-16(22-17(2)24)18-7-9-19(10-8-18)21-6-4-3-5-20(21)15-23-11-13-25-14-12-23/h3-10,16H,11-15H2,1-2H3,(H,22,24)/t16-/m0/s1. The van der Waals surface area contributed by atoms with Gasteiger partial charge in [0.2, 0.25) is 5.91 Å². The molecule has 1 fully saturated rings. The maximum Gasteiger partial charge on any atom is 0.217 e. The van der Waals surface area contributed by atoms with E-state index in [1.54, 1.807) is 6.92 Å². The van der Waals surface area contributed by atoms with Gasteiger partial charge in [-0.05, 0) is 29.2 Å². The topological polar surface area (TPSA) is 41.6 Å². The Hall–Kier alpha value is -2.17. The van der Waals surface area contributed by atoms with Crippen LogP contribution in [0.5, 0.6) is 0 Å². The van der Waals surface area contributed by atoms with Gasteiger partial charge in [-0.25, -0.2) is 0 Å². The average Bonchev–Trinajstić information content (AvgIpc) is 2.63. The SMILES string of the molecule is CC(=O)N[C@@H](C)c1ccc(-c2ccccc2CN2CCOCC2)cc1. The lowest BCUT2D eigenvalue weighted by atomic mass is 9.97. The first-order valence-electron chi connectivity index (χ1n) is 8.89. The van der Waals surface area contributed by atoms with Gasteiger partial charge in [0.05, 0.1) is 19.3 Å². The van der Waals surface area contributed by atoms with E-state index in [1.807, 2.05) is 6.92 Å². The van der Waals surface area contributed by atoms with Crippen molar-refractivity contribution in [1.82, 2.24) is 10.2 Å². The summed E-state index contributed by atoms with van der Waals surface area (Å²) in [6.45, 7) is 8.11. The molecule has 1 atom stereocenters. The summed E-state index contributed by atoms with van der Waals surface area (Å²) in [6.07, 6.45) is 0. The molecule has 0 spiro atoms. The summed E-state index contributed by atoms with van der Waals surface area (Å²) >= 11 is 0. The van der Waals surface area contributed by atoms with Crippen molar-refractivity contribution in [2.75, 3.05) is 26.3 Å². The van der Waals surface area contributed by atoms with Crippen LogP contribution in [0.1, 0.15) is 31.0 Å². The number of carbonyl (C=O) groups excluding carboxylic acids is 1. The van der Waals surface area contributed by atoms with Crippen LogP contribution in [-0.2, 0) is 16.1 Å². The van der Waals surface area contributed by atoms with Crippen LogP contribution in [0.15, 0.2) is 48.5 Å². The summed E-state index contributed by atoms with van der Waals surface area (Å²) in [4.78, 5) is 13.7. The zero-order chi connectivity index (χ0) is 17.6. The van der Waals surface area contributed by atoms with Crippen LogP contribution < -0.4 is 5.32 Å². The van der Waals surface area contributed by atoms with Gasteiger partial charge in [-0.2, -0.15) is 0 Å². The maximum absolute atomic E-state index is 11.2. The minimum atomic E-state index is -0.00701. The number of nitrogens with zero attached hydrogens (tertiary/aromatic N) is 1. The lowest BCUT2D eigenvalue weighted by molar-refractivity contribution is -0.119. The number of hydrogen-bond acceptors (Lipinski definition) is 3. The highest BCUT2D eigenvalue weighted by Crippen LogP contribution is 2.26. The van der Waals surface area contributed by atoms with E-state index >= 15 is 0 Å². The molecule has 2 aromatic carbocycles. The van der Waals surface area contributed by atoms with Gasteiger partial charge in [-0.3, -0.25) is 9.69 Å². The zero-order valence-corrected chi connectivity index (χ0v) is 15.0. The molecule has 0 saturated carbocycles. The van der Waals surface area contributed by atoms with Crippen LogP contribution in [-0.4, -0.2) is 37.1 Å². The summed E-state index contributed by atoms with van der Waals surface area (Å²) in [5, 5.41) is 2.93. The first-order valence-corrected chi connectivity index (χ1v) is 8.89. The Kier molecular flexibility index (Phi) is 5.84. The average molecular weight is 338 g/mol. The fourth-order valence-electron chi connectivity index (χ4n) is 3.28. The van der Waals surface area contributed by atoms with Crippen LogP contribution in [0, 0.1) is 0 Å². The smallest absolute Gasteiger partial charge is 0.217 e. The van der Waals surface area contributed by atoms with Crippen molar-refractivity contribution in [1.29, 1.82) is 0 Å². The normalized spacial score (nSPS) is 16.4. The van der Waals surface area contributed by atoms with Gasteiger partial charge in [-0.15, -0.1) is 0 Å². The fraction of sp³-hybridized carbons (Fsp3) is 0.381. The van der Waals surface area contributed by atoms with Crippen molar-refractivity contribution in [3.63, 3.8) is 0 Å². The Morgan fingerprint density at radius 3 is 2.48 bits per heavy atom. The molecule has 0 aromatic heterocycles. The largest absolute Gasteiger partial charge is 0.379 e. The molecule has 132 valence electrons. The molecule has 1 N–H and O–H groups in total. The van der Waals surface area contributed by atoms with E-state index in [4.69, 9.17) is 4.74 Å². The number of morpholine rings is 1. The van der Waals surface area contributed by atoms with E-state index in [2.05, 4.69) is 58.7 Å². The minimum absolute atomic E-state index is 0.00701. The van der Waals surface area contributed by atoms with Crippen LogP contribution in [0.25, 0.3) is 11.1 Å². The molecule has 0 aliphatic carbocycles. The van der Waals surface area contributed by atoms with E-state index < -0.39 is 0 Å². The first kappa shape index (κ1) is 17.6. The van der Waals surface area contributed by atoms with E-state index in [0.717, 1.165) is 38.4 Å². The van der Waals surface area contributed by atoms with E-state index in [1.165, 1.54) is 16.7 Å². The van der Waals surface area contributed by atoms with Gasteiger partial charge in [0.1, 0.15) is 0 Å². The molecular formula is C21H26N2O2. The number of nitrogens with one attached hydrogen (secondary N) is 1. The van der Waals surface area contributed by atoms with E-state index in [-0.39, 0.29) is 11.9 Å². The minimum Gasteiger partial charge on any atom is -0.379 e. The van der Waals surface area contributed by atoms with Gasteiger partial charge in [0.25, 0.3) is 0 Å². The van der Waals surface area contributed by atoms with Crippen molar-refractivity contribution in [3.8, 4) is 11.1 Å². The third kappa shape index (κ3) is 4.68. The van der Waals surface area contributed by atoms with Crippen LogP contribution in [0.2, 0.25) is 0 Å². The first-order chi connectivity index (χ1) is 12.1. The molecule has 2 aromatic rings. The lowest BCUT2D eigenvalue weighted by Gasteiger charge is -2.27. The molecule has 4 heteroatoms. The molecule has 4 nitrogen and oxygen atoms in total. The number of carbonyl (C=O) groups is 1. The predicted molar refractivity (Wildman–Crippen MR) is 100 cm³/mol. The maximum atomic E-state index is 11.2. The third-order valence-electron chi connectivity index (χ3n) is 4.66. The van der Waals surface area contributed by atoms with Crippen molar-refractivity contribution in [2.45, 2.75) is 26.4 Å². The quantitative estimate of drug-likeness (QED) is 0.909. The number of benzene rings is 2. The van der Waals surface area contributed by atoms with Crippen LogP contribution in [0.4, 0.5) is 0 Å². The molecule has 0 bridgehead atoms. The molecule has 3 rings (SSSR count).